The first-order valence-corrected chi connectivity index (χ1v) is 5.09. The van der Waals surface area contributed by atoms with Gasteiger partial charge in [-0.25, -0.2) is 0 Å². The summed E-state index contributed by atoms with van der Waals surface area (Å²) in [4.78, 5) is 0. The molecule has 0 bridgehead atoms. The molecule has 1 rings (SSSR count). The Bertz CT molecular complexity index is 146. The van der Waals surface area contributed by atoms with Gasteiger partial charge in [0.05, 0.1) is 6.10 Å². The molecule has 3 atom stereocenters. The molecule has 0 saturated heterocycles. The van der Waals surface area contributed by atoms with Crippen LogP contribution in [-0.4, -0.2) is 11.2 Å². The van der Waals surface area contributed by atoms with Crippen molar-refractivity contribution in [3.05, 3.63) is 0 Å². The second-order valence-electron chi connectivity index (χ2n) is 5.46. The van der Waals surface area contributed by atoms with Crippen molar-refractivity contribution in [2.24, 2.45) is 17.3 Å². The Morgan fingerprint density at radius 2 is 1.75 bits per heavy atom. The molecular formula is C11H22O. The van der Waals surface area contributed by atoms with E-state index in [0.29, 0.717) is 5.92 Å². The van der Waals surface area contributed by atoms with Crippen LogP contribution in [0.1, 0.15) is 47.0 Å². The molecule has 12 heavy (non-hydrogen) atoms. The summed E-state index contributed by atoms with van der Waals surface area (Å²) in [5, 5.41) is 9.87. The van der Waals surface area contributed by atoms with Crippen molar-refractivity contribution in [2.75, 3.05) is 0 Å². The average molecular weight is 170 g/mol. The molecule has 0 heterocycles. The summed E-state index contributed by atoms with van der Waals surface area (Å²) in [6.07, 6.45) is 3.43. The molecule has 1 aliphatic carbocycles. The summed E-state index contributed by atoms with van der Waals surface area (Å²) in [5.74, 6) is 1.23. The zero-order valence-electron chi connectivity index (χ0n) is 8.80. The van der Waals surface area contributed by atoms with Crippen LogP contribution in [0.15, 0.2) is 0 Å². The van der Waals surface area contributed by atoms with E-state index in [4.69, 9.17) is 0 Å². The molecule has 0 aromatic rings. The van der Waals surface area contributed by atoms with Crippen molar-refractivity contribution >= 4 is 0 Å². The van der Waals surface area contributed by atoms with Gasteiger partial charge in [0, 0.05) is 0 Å². The van der Waals surface area contributed by atoms with Gasteiger partial charge >= 0.3 is 0 Å². The lowest BCUT2D eigenvalue weighted by Gasteiger charge is -2.39. The van der Waals surface area contributed by atoms with Crippen molar-refractivity contribution in [1.29, 1.82) is 0 Å². The molecule has 72 valence electrons. The fraction of sp³-hybridized carbons (Fsp3) is 1.00. The van der Waals surface area contributed by atoms with Gasteiger partial charge in [-0.3, -0.25) is 0 Å². The van der Waals surface area contributed by atoms with Crippen molar-refractivity contribution in [1.82, 2.24) is 0 Å². The highest BCUT2D eigenvalue weighted by molar-refractivity contribution is 4.85. The van der Waals surface area contributed by atoms with Gasteiger partial charge in [-0.15, -0.1) is 0 Å². The largest absolute Gasteiger partial charge is 0.393 e. The summed E-state index contributed by atoms with van der Waals surface area (Å²) in [7, 11) is 0. The van der Waals surface area contributed by atoms with Crippen LogP contribution >= 0.6 is 0 Å². The van der Waals surface area contributed by atoms with E-state index in [1.165, 1.54) is 12.8 Å². The van der Waals surface area contributed by atoms with Crippen LogP contribution < -0.4 is 0 Å². The van der Waals surface area contributed by atoms with E-state index in [0.717, 1.165) is 12.3 Å². The van der Waals surface area contributed by atoms with Crippen LogP contribution in [0, 0.1) is 17.3 Å². The quantitative estimate of drug-likeness (QED) is 0.592. The second-order valence-corrected chi connectivity index (χ2v) is 5.46. The minimum Gasteiger partial charge on any atom is -0.393 e. The Morgan fingerprint density at radius 3 is 2.17 bits per heavy atom. The van der Waals surface area contributed by atoms with E-state index in [1.807, 2.05) is 0 Å². The highest BCUT2D eigenvalue weighted by Gasteiger charge is 2.34. The predicted octanol–water partition coefficient (Wildman–Crippen LogP) is 2.83. The minimum atomic E-state index is -0.0613. The van der Waals surface area contributed by atoms with Crippen LogP contribution in [0.3, 0.4) is 0 Å². The molecule has 0 aromatic heterocycles. The van der Waals surface area contributed by atoms with Gasteiger partial charge in [-0.1, -0.05) is 34.1 Å². The summed E-state index contributed by atoms with van der Waals surface area (Å²) < 4.78 is 0. The van der Waals surface area contributed by atoms with Gasteiger partial charge in [0.1, 0.15) is 0 Å². The Kier molecular flexibility index (Phi) is 2.82. The number of hydrogen-bond donors (Lipinski definition) is 1. The second kappa shape index (κ2) is 3.37. The first kappa shape index (κ1) is 10.0. The fourth-order valence-electron chi connectivity index (χ4n) is 2.36. The number of aliphatic hydroxyl groups excluding tert-OH is 1. The van der Waals surface area contributed by atoms with E-state index in [9.17, 15) is 5.11 Å². The highest BCUT2D eigenvalue weighted by atomic mass is 16.3. The van der Waals surface area contributed by atoms with E-state index >= 15 is 0 Å². The van der Waals surface area contributed by atoms with Crippen LogP contribution in [0.2, 0.25) is 0 Å². The summed E-state index contributed by atoms with van der Waals surface area (Å²) in [5.41, 5.74) is 0.277. The lowest BCUT2D eigenvalue weighted by atomic mass is 9.68. The molecule has 0 spiro atoms. The fourth-order valence-corrected chi connectivity index (χ4v) is 2.36. The number of hydrogen-bond acceptors (Lipinski definition) is 1. The van der Waals surface area contributed by atoms with Crippen LogP contribution in [0.4, 0.5) is 0 Å². The third kappa shape index (κ3) is 2.22. The molecule has 0 amide bonds. The summed E-state index contributed by atoms with van der Waals surface area (Å²) >= 11 is 0. The zero-order valence-corrected chi connectivity index (χ0v) is 8.80. The van der Waals surface area contributed by atoms with Crippen molar-refractivity contribution in [2.45, 2.75) is 53.1 Å². The van der Waals surface area contributed by atoms with E-state index in [-0.39, 0.29) is 11.5 Å². The van der Waals surface area contributed by atoms with Gasteiger partial charge in [-0.2, -0.15) is 0 Å². The molecule has 1 saturated carbocycles. The normalized spacial score (nSPS) is 38.2. The molecule has 1 fully saturated rings. The standard InChI is InChI=1S/C11H22O/c1-8-5-6-9(10(12)7-8)11(2,3)4/h8-10,12H,5-7H2,1-4H3/t8-,9?,10-/m1/s1. The van der Waals surface area contributed by atoms with Crippen LogP contribution in [0.5, 0.6) is 0 Å². The number of aliphatic hydroxyl groups is 1. The summed E-state index contributed by atoms with van der Waals surface area (Å²) in [6.45, 7) is 8.94. The van der Waals surface area contributed by atoms with E-state index < -0.39 is 0 Å². The van der Waals surface area contributed by atoms with Crippen molar-refractivity contribution in [3.63, 3.8) is 0 Å². The van der Waals surface area contributed by atoms with Crippen molar-refractivity contribution in [3.8, 4) is 0 Å². The van der Waals surface area contributed by atoms with Gasteiger partial charge in [0.2, 0.25) is 0 Å². The maximum absolute atomic E-state index is 9.87. The molecule has 1 nitrogen and oxygen atoms in total. The molecule has 1 aliphatic rings. The third-order valence-electron chi connectivity index (χ3n) is 3.19. The smallest absolute Gasteiger partial charge is 0.0575 e. The molecular weight excluding hydrogens is 148 g/mol. The number of rotatable bonds is 0. The topological polar surface area (TPSA) is 20.2 Å². The lowest BCUT2D eigenvalue weighted by Crippen LogP contribution is -2.36. The zero-order chi connectivity index (χ0) is 9.35. The van der Waals surface area contributed by atoms with Gasteiger partial charge in [0.25, 0.3) is 0 Å². The highest BCUT2D eigenvalue weighted by Crippen LogP contribution is 2.39. The van der Waals surface area contributed by atoms with Gasteiger partial charge < -0.3 is 5.11 Å². The van der Waals surface area contributed by atoms with E-state index in [2.05, 4.69) is 27.7 Å². The van der Waals surface area contributed by atoms with Crippen LogP contribution in [0.25, 0.3) is 0 Å². The SMILES string of the molecule is C[C@@H]1CCC(C(C)(C)C)[C@H](O)C1. The van der Waals surface area contributed by atoms with Crippen LogP contribution in [-0.2, 0) is 0 Å². The Hall–Kier alpha value is -0.0400. The molecule has 1 N–H and O–H groups in total. The maximum atomic E-state index is 9.87. The Morgan fingerprint density at radius 1 is 1.17 bits per heavy atom. The van der Waals surface area contributed by atoms with Gasteiger partial charge in [0.15, 0.2) is 0 Å². The maximum Gasteiger partial charge on any atom is 0.0575 e. The Labute approximate surface area is 76.2 Å². The lowest BCUT2D eigenvalue weighted by molar-refractivity contribution is -0.00549. The van der Waals surface area contributed by atoms with Crippen molar-refractivity contribution < 1.29 is 5.11 Å². The molecule has 1 heteroatoms. The molecule has 0 aliphatic heterocycles. The first-order chi connectivity index (χ1) is 5.41. The van der Waals surface area contributed by atoms with Gasteiger partial charge in [-0.05, 0) is 30.1 Å². The summed E-state index contributed by atoms with van der Waals surface area (Å²) in [6, 6.07) is 0. The third-order valence-corrected chi connectivity index (χ3v) is 3.19. The first-order valence-electron chi connectivity index (χ1n) is 5.09. The average Bonchev–Trinajstić information content (AvgIpc) is 1.83. The predicted molar refractivity (Wildman–Crippen MR) is 52.0 cm³/mol. The van der Waals surface area contributed by atoms with E-state index in [1.54, 1.807) is 0 Å². The Balaban J connectivity index is 2.57. The molecule has 0 aromatic carbocycles. The molecule has 1 unspecified atom stereocenters. The monoisotopic (exact) mass is 170 g/mol. The minimum absolute atomic E-state index is 0.0613. The molecule has 0 radical (unpaired) electrons.